The zero-order valence-corrected chi connectivity index (χ0v) is 18.3. The van der Waals surface area contributed by atoms with Crippen LogP contribution in [0.15, 0.2) is 65.7 Å². The first kappa shape index (κ1) is 20.8. The molecule has 2 heterocycles. The SMILES string of the molecule is COc1ccc(-c2ccc(C#N)c(SCCC(=O)Nc3nc4ccccc4s3)n2)cc1. The van der Waals surface area contributed by atoms with Gasteiger partial charge >= 0.3 is 0 Å². The summed E-state index contributed by atoms with van der Waals surface area (Å²) in [5.41, 5.74) is 3.06. The number of nitriles is 1. The summed E-state index contributed by atoms with van der Waals surface area (Å²) in [5.74, 6) is 1.16. The van der Waals surface area contributed by atoms with Crippen molar-refractivity contribution in [2.45, 2.75) is 11.4 Å². The number of amides is 1. The molecule has 0 spiro atoms. The molecule has 0 atom stereocenters. The first-order chi connectivity index (χ1) is 15.2. The van der Waals surface area contributed by atoms with Crippen LogP contribution in [0, 0.1) is 11.3 Å². The number of fused-ring (bicyclic) bond motifs is 1. The maximum atomic E-state index is 12.3. The van der Waals surface area contributed by atoms with E-state index in [0.29, 0.717) is 27.9 Å². The van der Waals surface area contributed by atoms with Crippen LogP contribution < -0.4 is 10.1 Å². The van der Waals surface area contributed by atoms with Crippen molar-refractivity contribution in [1.82, 2.24) is 9.97 Å². The highest BCUT2D eigenvalue weighted by Crippen LogP contribution is 2.28. The Labute approximate surface area is 187 Å². The summed E-state index contributed by atoms with van der Waals surface area (Å²) in [5, 5.41) is 13.5. The minimum atomic E-state index is -0.114. The third kappa shape index (κ3) is 5.02. The van der Waals surface area contributed by atoms with Gasteiger partial charge in [-0.2, -0.15) is 5.26 Å². The molecule has 1 amide bonds. The molecule has 1 N–H and O–H groups in total. The number of benzene rings is 2. The number of anilines is 1. The summed E-state index contributed by atoms with van der Waals surface area (Å²) >= 11 is 2.85. The predicted molar refractivity (Wildman–Crippen MR) is 125 cm³/mol. The van der Waals surface area contributed by atoms with Gasteiger partial charge in [-0.1, -0.05) is 23.5 Å². The highest BCUT2D eigenvalue weighted by molar-refractivity contribution is 7.99. The van der Waals surface area contributed by atoms with E-state index >= 15 is 0 Å². The monoisotopic (exact) mass is 446 g/mol. The number of nitrogens with zero attached hydrogens (tertiary/aromatic N) is 3. The number of pyridine rings is 1. The molecule has 0 aliphatic rings. The lowest BCUT2D eigenvalue weighted by atomic mass is 10.1. The number of para-hydroxylation sites is 1. The Morgan fingerprint density at radius 3 is 2.68 bits per heavy atom. The van der Waals surface area contributed by atoms with Crippen LogP contribution in [0.5, 0.6) is 5.75 Å². The topological polar surface area (TPSA) is 87.9 Å². The molecule has 154 valence electrons. The normalized spacial score (nSPS) is 10.6. The largest absolute Gasteiger partial charge is 0.497 e. The number of carbonyl (C=O) groups is 1. The summed E-state index contributed by atoms with van der Waals surface area (Å²) in [6.45, 7) is 0. The van der Waals surface area contributed by atoms with Crippen molar-refractivity contribution in [3.8, 4) is 23.1 Å². The van der Waals surface area contributed by atoms with E-state index in [9.17, 15) is 10.1 Å². The molecule has 4 aromatic rings. The number of carbonyl (C=O) groups excluding carboxylic acids is 1. The quantitative estimate of drug-likeness (QED) is 0.385. The number of thioether (sulfide) groups is 1. The van der Waals surface area contributed by atoms with Crippen molar-refractivity contribution in [2.24, 2.45) is 0 Å². The molecule has 0 saturated carbocycles. The highest BCUT2D eigenvalue weighted by Gasteiger charge is 2.11. The van der Waals surface area contributed by atoms with Gasteiger partial charge in [0.15, 0.2) is 5.13 Å². The lowest BCUT2D eigenvalue weighted by molar-refractivity contribution is -0.115. The van der Waals surface area contributed by atoms with E-state index < -0.39 is 0 Å². The molecule has 0 radical (unpaired) electrons. The van der Waals surface area contributed by atoms with Crippen LogP contribution in [0.3, 0.4) is 0 Å². The highest BCUT2D eigenvalue weighted by atomic mass is 32.2. The molecule has 0 bridgehead atoms. The van der Waals surface area contributed by atoms with E-state index in [0.717, 1.165) is 27.2 Å². The molecule has 31 heavy (non-hydrogen) atoms. The molecular formula is C23H18N4O2S2. The molecule has 0 aliphatic heterocycles. The first-order valence-electron chi connectivity index (χ1n) is 9.50. The summed E-state index contributed by atoms with van der Waals surface area (Å²) in [6, 6.07) is 21.1. The maximum Gasteiger partial charge on any atom is 0.226 e. The Kier molecular flexibility index (Phi) is 6.46. The number of hydrogen-bond donors (Lipinski definition) is 1. The fourth-order valence-electron chi connectivity index (χ4n) is 2.91. The van der Waals surface area contributed by atoms with Crippen LogP contribution in [0.2, 0.25) is 0 Å². The van der Waals surface area contributed by atoms with E-state index in [-0.39, 0.29) is 5.91 Å². The van der Waals surface area contributed by atoms with E-state index in [1.807, 2.05) is 54.6 Å². The summed E-state index contributed by atoms with van der Waals surface area (Å²) in [4.78, 5) is 21.4. The van der Waals surface area contributed by atoms with E-state index in [1.54, 1.807) is 13.2 Å². The average Bonchev–Trinajstić information content (AvgIpc) is 3.21. The zero-order valence-electron chi connectivity index (χ0n) is 16.7. The van der Waals surface area contributed by atoms with Crippen molar-refractivity contribution < 1.29 is 9.53 Å². The zero-order chi connectivity index (χ0) is 21.6. The number of rotatable bonds is 7. The first-order valence-corrected chi connectivity index (χ1v) is 11.3. The third-order valence-electron chi connectivity index (χ3n) is 4.47. The van der Waals surface area contributed by atoms with Gasteiger partial charge in [-0.25, -0.2) is 9.97 Å². The molecule has 6 nitrogen and oxygen atoms in total. The van der Waals surface area contributed by atoms with Crippen LogP contribution in [-0.2, 0) is 4.79 Å². The number of thiazole rings is 1. The maximum absolute atomic E-state index is 12.3. The van der Waals surface area contributed by atoms with Crippen molar-refractivity contribution in [3.63, 3.8) is 0 Å². The van der Waals surface area contributed by atoms with E-state index in [4.69, 9.17) is 4.74 Å². The van der Waals surface area contributed by atoms with Gasteiger partial charge in [-0.15, -0.1) is 11.8 Å². The molecule has 4 rings (SSSR count). The number of hydrogen-bond acceptors (Lipinski definition) is 7. The Morgan fingerprint density at radius 1 is 1.13 bits per heavy atom. The fourth-order valence-corrected chi connectivity index (χ4v) is 4.70. The van der Waals surface area contributed by atoms with Crippen molar-refractivity contribution in [1.29, 1.82) is 5.26 Å². The van der Waals surface area contributed by atoms with Crippen molar-refractivity contribution in [2.75, 3.05) is 18.2 Å². The second-order valence-electron chi connectivity index (χ2n) is 6.52. The summed E-state index contributed by atoms with van der Waals surface area (Å²) < 4.78 is 6.22. The number of methoxy groups -OCH3 is 1. The standard InChI is InChI=1S/C23H18N4O2S2/c1-29-17-9-6-15(7-10-17)18-11-8-16(14-24)22(25-18)30-13-12-21(28)27-23-26-19-4-2-3-5-20(19)31-23/h2-11H,12-13H2,1H3,(H,26,27,28). The second-order valence-corrected chi connectivity index (χ2v) is 8.64. The molecule has 0 fully saturated rings. The van der Waals surface area contributed by atoms with Crippen molar-refractivity contribution in [3.05, 3.63) is 66.2 Å². The Morgan fingerprint density at radius 2 is 1.94 bits per heavy atom. The minimum Gasteiger partial charge on any atom is -0.497 e. The van der Waals surface area contributed by atoms with Gasteiger partial charge in [0.05, 0.1) is 28.6 Å². The minimum absolute atomic E-state index is 0.114. The second kappa shape index (κ2) is 9.60. The Bertz CT molecular complexity index is 1230. The molecule has 0 unspecified atom stereocenters. The third-order valence-corrected chi connectivity index (χ3v) is 6.42. The van der Waals surface area contributed by atoms with E-state index in [1.165, 1.54) is 23.1 Å². The van der Waals surface area contributed by atoms with Crippen LogP contribution in [-0.4, -0.2) is 28.7 Å². The Balaban J connectivity index is 1.39. The molecule has 2 aromatic carbocycles. The molecule has 2 aromatic heterocycles. The van der Waals surface area contributed by atoms with Gasteiger partial charge in [0.25, 0.3) is 0 Å². The lowest BCUT2D eigenvalue weighted by Crippen LogP contribution is -2.12. The van der Waals surface area contributed by atoms with E-state index in [2.05, 4.69) is 21.4 Å². The number of nitrogens with one attached hydrogen (secondary N) is 1. The number of ether oxygens (including phenoxy) is 1. The molecule has 0 aliphatic carbocycles. The fraction of sp³-hybridized carbons (Fsp3) is 0.130. The summed E-state index contributed by atoms with van der Waals surface area (Å²) in [6.07, 6.45) is 0.292. The number of aromatic nitrogens is 2. The van der Waals surface area contributed by atoms with Crippen LogP contribution in [0.4, 0.5) is 5.13 Å². The Hall–Kier alpha value is -3.41. The molecular weight excluding hydrogens is 428 g/mol. The smallest absolute Gasteiger partial charge is 0.226 e. The van der Waals surface area contributed by atoms with Gasteiger partial charge in [-0.3, -0.25) is 4.79 Å². The van der Waals surface area contributed by atoms with Gasteiger partial charge in [-0.05, 0) is 48.5 Å². The lowest BCUT2D eigenvalue weighted by Gasteiger charge is -2.07. The van der Waals surface area contributed by atoms with Gasteiger partial charge in [0.1, 0.15) is 16.8 Å². The predicted octanol–water partition coefficient (Wildman–Crippen LogP) is 5.36. The average molecular weight is 447 g/mol. The summed E-state index contributed by atoms with van der Waals surface area (Å²) in [7, 11) is 1.62. The van der Waals surface area contributed by atoms with Crippen LogP contribution in [0.1, 0.15) is 12.0 Å². The van der Waals surface area contributed by atoms with Crippen molar-refractivity contribution >= 4 is 44.4 Å². The van der Waals surface area contributed by atoms with Crippen LogP contribution in [0.25, 0.3) is 21.5 Å². The van der Waals surface area contributed by atoms with Gasteiger partial charge < -0.3 is 10.1 Å². The van der Waals surface area contributed by atoms with Crippen LogP contribution >= 0.6 is 23.1 Å². The molecule has 8 heteroatoms. The molecule has 0 saturated heterocycles. The van der Waals surface area contributed by atoms with Gasteiger partial charge in [0, 0.05) is 17.7 Å². The van der Waals surface area contributed by atoms with Gasteiger partial charge in [0.2, 0.25) is 5.91 Å².